The summed E-state index contributed by atoms with van der Waals surface area (Å²) in [6.07, 6.45) is 4.84. The fraction of sp³-hybridized carbons (Fsp3) is 1.00. The van der Waals surface area contributed by atoms with Gasteiger partial charge in [-0.2, -0.15) is 0 Å². The van der Waals surface area contributed by atoms with E-state index in [1.165, 1.54) is 25.8 Å². The van der Waals surface area contributed by atoms with Crippen molar-refractivity contribution >= 4 is 0 Å². The van der Waals surface area contributed by atoms with E-state index in [2.05, 4.69) is 37.9 Å². The third-order valence-electron chi connectivity index (χ3n) is 4.00. The summed E-state index contributed by atoms with van der Waals surface area (Å²) >= 11 is 0. The molecule has 1 fully saturated rings. The third kappa shape index (κ3) is 6.73. The van der Waals surface area contributed by atoms with Gasteiger partial charge < -0.3 is 10.4 Å². The van der Waals surface area contributed by atoms with Crippen LogP contribution in [0.3, 0.4) is 0 Å². The maximum atomic E-state index is 9.20. The molecule has 1 rings (SSSR count). The molecule has 0 spiro atoms. The fourth-order valence-corrected chi connectivity index (χ4v) is 3.05. The summed E-state index contributed by atoms with van der Waals surface area (Å²) < 4.78 is 0. The molecule has 1 aliphatic heterocycles. The molecule has 1 aliphatic rings. The van der Waals surface area contributed by atoms with Crippen LogP contribution in [0.15, 0.2) is 0 Å². The Hall–Kier alpha value is -0.120. The van der Waals surface area contributed by atoms with E-state index in [1.54, 1.807) is 0 Å². The van der Waals surface area contributed by atoms with Crippen molar-refractivity contribution in [2.45, 2.75) is 59.4 Å². The number of hydrogen-bond acceptors (Lipinski definition) is 3. The lowest BCUT2D eigenvalue weighted by Crippen LogP contribution is -2.47. The first kappa shape index (κ1) is 16.9. The van der Waals surface area contributed by atoms with Crippen molar-refractivity contribution in [3.63, 3.8) is 0 Å². The van der Waals surface area contributed by atoms with Crippen LogP contribution in [0, 0.1) is 11.3 Å². The Morgan fingerprint density at radius 2 is 2.05 bits per heavy atom. The molecule has 1 atom stereocenters. The Morgan fingerprint density at radius 1 is 1.32 bits per heavy atom. The second-order valence-corrected chi connectivity index (χ2v) is 7.32. The number of likely N-dealkylation sites (tertiary alicyclic amines) is 1. The predicted molar refractivity (Wildman–Crippen MR) is 82.4 cm³/mol. The van der Waals surface area contributed by atoms with Gasteiger partial charge >= 0.3 is 0 Å². The summed E-state index contributed by atoms with van der Waals surface area (Å²) in [6.45, 7) is 14.1. The lowest BCUT2D eigenvalue weighted by molar-refractivity contribution is 0.0780. The molecule has 19 heavy (non-hydrogen) atoms. The molecule has 0 aromatic heterocycles. The molecule has 114 valence electrons. The van der Waals surface area contributed by atoms with Crippen molar-refractivity contribution in [3.8, 4) is 0 Å². The molecule has 1 saturated heterocycles. The van der Waals surface area contributed by atoms with Crippen molar-refractivity contribution in [1.82, 2.24) is 10.2 Å². The van der Waals surface area contributed by atoms with Gasteiger partial charge in [-0.3, -0.25) is 4.90 Å². The molecular weight excluding hydrogens is 236 g/mol. The molecule has 0 aromatic carbocycles. The van der Waals surface area contributed by atoms with E-state index in [-0.39, 0.29) is 0 Å². The molecule has 0 aliphatic carbocycles. The minimum atomic E-state index is 0.305. The Morgan fingerprint density at radius 3 is 2.68 bits per heavy atom. The first-order valence-electron chi connectivity index (χ1n) is 8.00. The minimum Gasteiger partial charge on any atom is -0.396 e. The van der Waals surface area contributed by atoms with E-state index < -0.39 is 0 Å². The summed E-state index contributed by atoms with van der Waals surface area (Å²) in [6, 6.07) is 0.600. The Balaban J connectivity index is 2.40. The van der Waals surface area contributed by atoms with Crippen LogP contribution in [0.25, 0.3) is 0 Å². The molecule has 0 saturated carbocycles. The zero-order valence-corrected chi connectivity index (χ0v) is 13.4. The second-order valence-electron chi connectivity index (χ2n) is 7.32. The molecule has 3 heteroatoms. The molecule has 1 heterocycles. The van der Waals surface area contributed by atoms with Crippen molar-refractivity contribution in [2.75, 3.05) is 32.8 Å². The Labute approximate surface area is 119 Å². The van der Waals surface area contributed by atoms with Crippen LogP contribution in [0.2, 0.25) is 0 Å². The highest BCUT2D eigenvalue weighted by Crippen LogP contribution is 2.24. The van der Waals surface area contributed by atoms with Gasteiger partial charge in [-0.1, -0.05) is 34.1 Å². The number of rotatable bonds is 8. The molecule has 2 N–H and O–H groups in total. The quantitative estimate of drug-likeness (QED) is 0.711. The van der Waals surface area contributed by atoms with Crippen LogP contribution in [0.1, 0.15) is 53.4 Å². The highest BCUT2D eigenvalue weighted by atomic mass is 16.3. The SMILES string of the molecule is CC(C)CNCC(C)(C)CN1CCCCC1CCO. The summed E-state index contributed by atoms with van der Waals surface area (Å²) in [5.41, 5.74) is 0.305. The van der Waals surface area contributed by atoms with Crippen LogP contribution in [0.4, 0.5) is 0 Å². The normalized spacial score (nSPS) is 22.1. The van der Waals surface area contributed by atoms with Crippen LogP contribution in [-0.2, 0) is 0 Å². The van der Waals surface area contributed by atoms with Gasteiger partial charge in [-0.15, -0.1) is 0 Å². The second kappa shape index (κ2) is 8.23. The smallest absolute Gasteiger partial charge is 0.0445 e. The van der Waals surface area contributed by atoms with Gasteiger partial charge in [0.2, 0.25) is 0 Å². The molecule has 1 unspecified atom stereocenters. The molecule has 0 radical (unpaired) electrons. The lowest BCUT2D eigenvalue weighted by Gasteiger charge is -2.40. The van der Waals surface area contributed by atoms with E-state index in [1.807, 2.05) is 0 Å². The van der Waals surface area contributed by atoms with Crippen LogP contribution >= 0.6 is 0 Å². The topological polar surface area (TPSA) is 35.5 Å². The van der Waals surface area contributed by atoms with Gasteiger partial charge in [0.05, 0.1) is 0 Å². The first-order valence-corrected chi connectivity index (χ1v) is 8.00. The lowest BCUT2D eigenvalue weighted by atomic mass is 9.89. The standard InChI is InChI=1S/C16H34N2O/c1-14(2)11-17-12-16(3,4)13-18-9-6-5-7-15(18)8-10-19/h14-15,17,19H,5-13H2,1-4H3. The average molecular weight is 270 g/mol. The number of piperidine rings is 1. The van der Waals surface area contributed by atoms with Crippen LogP contribution < -0.4 is 5.32 Å². The minimum absolute atomic E-state index is 0.305. The maximum Gasteiger partial charge on any atom is 0.0445 e. The summed E-state index contributed by atoms with van der Waals surface area (Å²) in [5.74, 6) is 0.716. The predicted octanol–water partition coefficient (Wildman–Crippen LogP) is 2.50. The number of aliphatic hydroxyl groups is 1. The van der Waals surface area contributed by atoms with Gasteiger partial charge in [0.15, 0.2) is 0 Å². The number of hydrogen-bond donors (Lipinski definition) is 2. The van der Waals surface area contributed by atoms with Gasteiger partial charge in [0, 0.05) is 25.7 Å². The largest absolute Gasteiger partial charge is 0.396 e. The number of nitrogens with one attached hydrogen (secondary N) is 1. The van der Waals surface area contributed by atoms with Gasteiger partial charge in [-0.25, -0.2) is 0 Å². The van der Waals surface area contributed by atoms with E-state index in [0.29, 0.717) is 24.0 Å². The first-order chi connectivity index (χ1) is 8.94. The van der Waals surface area contributed by atoms with E-state index in [9.17, 15) is 5.11 Å². The Kier molecular flexibility index (Phi) is 7.33. The van der Waals surface area contributed by atoms with Crippen LogP contribution in [-0.4, -0.2) is 48.8 Å². The van der Waals surface area contributed by atoms with Crippen molar-refractivity contribution in [1.29, 1.82) is 0 Å². The number of aliphatic hydroxyl groups excluding tert-OH is 1. The molecule has 0 amide bonds. The summed E-state index contributed by atoms with van der Waals surface area (Å²) in [4.78, 5) is 2.61. The van der Waals surface area contributed by atoms with Gasteiger partial charge in [0.1, 0.15) is 0 Å². The third-order valence-corrected chi connectivity index (χ3v) is 4.00. The molecular formula is C16H34N2O. The Bertz CT molecular complexity index is 239. The molecule has 3 nitrogen and oxygen atoms in total. The van der Waals surface area contributed by atoms with Crippen LogP contribution in [0.5, 0.6) is 0 Å². The van der Waals surface area contributed by atoms with Crippen molar-refractivity contribution < 1.29 is 5.11 Å². The van der Waals surface area contributed by atoms with E-state index >= 15 is 0 Å². The zero-order chi connectivity index (χ0) is 14.3. The van der Waals surface area contributed by atoms with Crippen molar-refractivity contribution in [3.05, 3.63) is 0 Å². The fourth-order valence-electron chi connectivity index (χ4n) is 3.05. The van der Waals surface area contributed by atoms with Gasteiger partial charge in [0.25, 0.3) is 0 Å². The maximum absolute atomic E-state index is 9.20. The van der Waals surface area contributed by atoms with Gasteiger partial charge in [-0.05, 0) is 43.7 Å². The number of nitrogens with zero attached hydrogens (tertiary/aromatic N) is 1. The summed E-state index contributed by atoms with van der Waals surface area (Å²) in [5, 5.41) is 12.8. The van der Waals surface area contributed by atoms with E-state index in [0.717, 1.165) is 26.1 Å². The highest BCUT2D eigenvalue weighted by Gasteiger charge is 2.28. The average Bonchev–Trinajstić information content (AvgIpc) is 2.31. The van der Waals surface area contributed by atoms with E-state index in [4.69, 9.17) is 0 Å². The molecule has 0 aromatic rings. The monoisotopic (exact) mass is 270 g/mol. The molecule has 0 bridgehead atoms. The highest BCUT2D eigenvalue weighted by molar-refractivity contribution is 4.83. The van der Waals surface area contributed by atoms with Crippen molar-refractivity contribution in [2.24, 2.45) is 11.3 Å². The summed E-state index contributed by atoms with van der Waals surface area (Å²) in [7, 11) is 0. The zero-order valence-electron chi connectivity index (χ0n) is 13.4.